The number of amides is 1. The summed E-state index contributed by atoms with van der Waals surface area (Å²) < 4.78 is 15.6. The Labute approximate surface area is 173 Å². The molecule has 150 valence electrons. The first kappa shape index (κ1) is 21.9. The molecular weight excluding hydrogens is 402 g/mol. The van der Waals surface area contributed by atoms with Crippen molar-refractivity contribution in [1.29, 1.82) is 0 Å². The highest BCUT2D eigenvalue weighted by atomic mass is 35.5. The smallest absolute Gasteiger partial charge is 0.307 e. The van der Waals surface area contributed by atoms with Crippen LogP contribution in [0.2, 0.25) is 5.02 Å². The summed E-state index contributed by atoms with van der Waals surface area (Å²) in [6.07, 6.45) is -0.753. The van der Waals surface area contributed by atoms with E-state index >= 15 is 0 Å². The van der Waals surface area contributed by atoms with Gasteiger partial charge in [-0.05, 0) is 43.3 Å². The molecule has 1 amide bonds. The van der Waals surface area contributed by atoms with E-state index in [0.717, 1.165) is 4.90 Å². The van der Waals surface area contributed by atoms with Gasteiger partial charge in [0, 0.05) is 21.7 Å². The third kappa shape index (κ3) is 6.65. The molecule has 0 aliphatic rings. The van der Waals surface area contributed by atoms with Crippen molar-refractivity contribution in [3.8, 4) is 11.5 Å². The zero-order valence-corrected chi connectivity index (χ0v) is 17.4. The van der Waals surface area contributed by atoms with Gasteiger partial charge in [-0.2, -0.15) is 0 Å². The van der Waals surface area contributed by atoms with Gasteiger partial charge >= 0.3 is 5.97 Å². The maximum absolute atomic E-state index is 12.3. The average molecular weight is 424 g/mol. The molecule has 6 nitrogen and oxygen atoms in total. The number of carbonyl (C=O) groups excluding carboxylic acids is 2. The molecule has 1 unspecified atom stereocenters. The van der Waals surface area contributed by atoms with Crippen LogP contribution in [0, 0.1) is 0 Å². The molecule has 8 heteroatoms. The van der Waals surface area contributed by atoms with E-state index in [1.807, 2.05) is 12.1 Å². The van der Waals surface area contributed by atoms with E-state index in [9.17, 15) is 9.59 Å². The SMILES string of the molecule is COc1ccc(OC)c(NC(=O)C(C)OC(=O)CCSc2ccc(Cl)cc2)c1. The van der Waals surface area contributed by atoms with Gasteiger partial charge in [-0.3, -0.25) is 9.59 Å². The van der Waals surface area contributed by atoms with Crippen LogP contribution >= 0.6 is 23.4 Å². The van der Waals surface area contributed by atoms with E-state index in [1.54, 1.807) is 30.3 Å². The summed E-state index contributed by atoms with van der Waals surface area (Å²) in [4.78, 5) is 25.3. The van der Waals surface area contributed by atoms with Crippen LogP contribution in [0.5, 0.6) is 11.5 Å². The third-order valence-corrected chi connectivity index (χ3v) is 5.00. The van der Waals surface area contributed by atoms with Crippen LogP contribution in [0.15, 0.2) is 47.4 Å². The van der Waals surface area contributed by atoms with Crippen LogP contribution in [0.1, 0.15) is 13.3 Å². The summed E-state index contributed by atoms with van der Waals surface area (Å²) in [5.41, 5.74) is 0.438. The Hall–Kier alpha value is -2.38. The number of halogens is 1. The highest BCUT2D eigenvalue weighted by Crippen LogP contribution is 2.29. The molecule has 1 atom stereocenters. The molecule has 0 saturated heterocycles. The molecule has 0 fully saturated rings. The molecule has 2 rings (SSSR count). The van der Waals surface area contributed by atoms with Crippen molar-refractivity contribution < 1.29 is 23.8 Å². The van der Waals surface area contributed by atoms with Crippen molar-refractivity contribution in [1.82, 2.24) is 0 Å². The molecule has 28 heavy (non-hydrogen) atoms. The molecule has 0 aliphatic heterocycles. The predicted molar refractivity (Wildman–Crippen MR) is 111 cm³/mol. The van der Waals surface area contributed by atoms with E-state index in [-0.39, 0.29) is 6.42 Å². The van der Waals surface area contributed by atoms with Gasteiger partial charge < -0.3 is 19.5 Å². The van der Waals surface area contributed by atoms with Crippen molar-refractivity contribution in [3.05, 3.63) is 47.5 Å². The number of benzene rings is 2. The average Bonchev–Trinajstić information content (AvgIpc) is 2.69. The van der Waals surface area contributed by atoms with Crippen LogP contribution < -0.4 is 14.8 Å². The summed E-state index contributed by atoms with van der Waals surface area (Å²) in [5, 5.41) is 3.35. The lowest BCUT2D eigenvalue weighted by Crippen LogP contribution is -2.30. The van der Waals surface area contributed by atoms with Gasteiger partial charge in [-0.15, -0.1) is 11.8 Å². The molecule has 0 aromatic heterocycles. The predicted octanol–water partition coefficient (Wildman–Crippen LogP) is 4.41. The lowest BCUT2D eigenvalue weighted by Gasteiger charge is -2.16. The lowest BCUT2D eigenvalue weighted by molar-refractivity contribution is -0.152. The highest BCUT2D eigenvalue weighted by molar-refractivity contribution is 7.99. The molecule has 1 N–H and O–H groups in total. The molecule has 0 saturated carbocycles. The maximum atomic E-state index is 12.3. The van der Waals surface area contributed by atoms with Crippen molar-refractivity contribution in [2.75, 3.05) is 25.3 Å². The molecule has 0 heterocycles. The molecule has 0 aliphatic carbocycles. The summed E-state index contributed by atoms with van der Waals surface area (Å²) in [6, 6.07) is 12.4. The Bertz CT molecular complexity index is 813. The summed E-state index contributed by atoms with van der Waals surface area (Å²) in [6.45, 7) is 1.52. The largest absolute Gasteiger partial charge is 0.497 e. The second kappa shape index (κ2) is 10.8. The van der Waals surface area contributed by atoms with Crippen LogP contribution in [0.25, 0.3) is 0 Å². The Kier molecular flexibility index (Phi) is 8.47. The van der Waals surface area contributed by atoms with Gasteiger partial charge in [0.15, 0.2) is 6.10 Å². The van der Waals surface area contributed by atoms with Gasteiger partial charge in [-0.1, -0.05) is 11.6 Å². The fourth-order valence-electron chi connectivity index (χ4n) is 2.24. The molecule has 2 aromatic carbocycles. The van der Waals surface area contributed by atoms with E-state index < -0.39 is 18.0 Å². The molecule has 0 spiro atoms. The number of rotatable bonds is 9. The first-order valence-corrected chi connectivity index (χ1v) is 9.90. The quantitative estimate of drug-likeness (QED) is 0.475. The first-order chi connectivity index (χ1) is 13.4. The van der Waals surface area contributed by atoms with Crippen molar-refractivity contribution in [2.45, 2.75) is 24.3 Å². The Morgan fingerprint density at radius 3 is 2.46 bits per heavy atom. The number of hydrogen-bond acceptors (Lipinski definition) is 6. The monoisotopic (exact) mass is 423 g/mol. The van der Waals surface area contributed by atoms with Crippen LogP contribution in [0.4, 0.5) is 5.69 Å². The van der Waals surface area contributed by atoms with E-state index in [2.05, 4.69) is 5.32 Å². The topological polar surface area (TPSA) is 73.9 Å². The van der Waals surface area contributed by atoms with Crippen LogP contribution in [-0.2, 0) is 14.3 Å². The Morgan fingerprint density at radius 2 is 1.82 bits per heavy atom. The van der Waals surface area contributed by atoms with Crippen molar-refractivity contribution >= 4 is 40.9 Å². The fourth-order valence-corrected chi connectivity index (χ4v) is 3.20. The van der Waals surface area contributed by atoms with E-state index in [0.29, 0.717) is 28.0 Å². The summed E-state index contributed by atoms with van der Waals surface area (Å²) >= 11 is 7.36. The number of anilines is 1. The standard InChI is InChI=1S/C20H22ClNO5S/c1-13(20(24)22-17-12-15(25-2)6-9-18(17)26-3)27-19(23)10-11-28-16-7-4-14(21)5-8-16/h4-9,12-13H,10-11H2,1-3H3,(H,22,24). The van der Waals surface area contributed by atoms with Gasteiger partial charge in [0.1, 0.15) is 11.5 Å². The number of esters is 1. The summed E-state index contributed by atoms with van der Waals surface area (Å²) in [7, 11) is 3.03. The number of nitrogens with one attached hydrogen (secondary N) is 1. The van der Waals surface area contributed by atoms with Crippen LogP contribution in [0.3, 0.4) is 0 Å². The number of hydrogen-bond donors (Lipinski definition) is 1. The number of carbonyl (C=O) groups is 2. The molecule has 2 aromatic rings. The van der Waals surface area contributed by atoms with Gasteiger partial charge in [0.05, 0.1) is 26.3 Å². The minimum absolute atomic E-state index is 0.188. The lowest BCUT2D eigenvalue weighted by atomic mass is 10.2. The van der Waals surface area contributed by atoms with E-state index in [1.165, 1.54) is 32.9 Å². The van der Waals surface area contributed by atoms with Crippen LogP contribution in [-0.4, -0.2) is 38.0 Å². The molecular formula is C20H22ClNO5S. The minimum Gasteiger partial charge on any atom is -0.497 e. The van der Waals surface area contributed by atoms with E-state index in [4.69, 9.17) is 25.8 Å². The Balaban J connectivity index is 1.82. The van der Waals surface area contributed by atoms with Crippen molar-refractivity contribution in [3.63, 3.8) is 0 Å². The highest BCUT2D eigenvalue weighted by Gasteiger charge is 2.19. The zero-order chi connectivity index (χ0) is 20.5. The van der Waals surface area contributed by atoms with Crippen molar-refractivity contribution in [2.24, 2.45) is 0 Å². The second-order valence-corrected chi connectivity index (χ2v) is 7.34. The van der Waals surface area contributed by atoms with Gasteiger partial charge in [-0.25, -0.2) is 0 Å². The number of ether oxygens (including phenoxy) is 3. The van der Waals surface area contributed by atoms with Gasteiger partial charge in [0.25, 0.3) is 5.91 Å². The van der Waals surface area contributed by atoms with Gasteiger partial charge in [0.2, 0.25) is 0 Å². The summed E-state index contributed by atoms with van der Waals surface area (Å²) in [5.74, 6) is 0.692. The molecule has 0 radical (unpaired) electrons. The normalized spacial score (nSPS) is 11.4. The second-order valence-electron chi connectivity index (χ2n) is 5.74. The minimum atomic E-state index is -0.941. The maximum Gasteiger partial charge on any atom is 0.307 e. The Morgan fingerprint density at radius 1 is 1.11 bits per heavy atom. The zero-order valence-electron chi connectivity index (χ0n) is 15.9. The first-order valence-electron chi connectivity index (χ1n) is 8.53. The molecule has 0 bridgehead atoms. The fraction of sp³-hybridized carbons (Fsp3) is 0.300. The number of methoxy groups -OCH3 is 2. The third-order valence-electron chi connectivity index (χ3n) is 3.73. The number of thioether (sulfide) groups is 1.